The largest absolute Gasteiger partial charge is 0.469 e. The van der Waals surface area contributed by atoms with E-state index in [-0.39, 0.29) is 29.7 Å². The van der Waals surface area contributed by atoms with Crippen LogP contribution < -0.4 is 0 Å². The minimum atomic E-state index is -0.256. The van der Waals surface area contributed by atoms with Crippen LogP contribution in [-0.2, 0) is 23.9 Å². The van der Waals surface area contributed by atoms with Gasteiger partial charge >= 0.3 is 11.9 Å². The second-order valence-corrected chi connectivity index (χ2v) is 6.15. The summed E-state index contributed by atoms with van der Waals surface area (Å²) in [4.78, 5) is 36.5. The molecule has 1 saturated heterocycles. The number of esters is 2. The van der Waals surface area contributed by atoms with E-state index in [2.05, 4.69) is 4.74 Å². The number of amides is 1. The van der Waals surface area contributed by atoms with Gasteiger partial charge in [0.15, 0.2) is 0 Å². The number of carbonyl (C=O) groups is 3. The van der Waals surface area contributed by atoms with Crippen molar-refractivity contribution in [3.05, 3.63) is 0 Å². The topological polar surface area (TPSA) is 72.9 Å². The van der Waals surface area contributed by atoms with Crippen LogP contribution in [0.1, 0.15) is 19.8 Å². The van der Waals surface area contributed by atoms with E-state index in [1.165, 1.54) is 26.0 Å². The van der Waals surface area contributed by atoms with Crippen molar-refractivity contribution in [3.63, 3.8) is 0 Å². The van der Waals surface area contributed by atoms with Crippen LogP contribution in [0.5, 0.6) is 0 Å². The van der Waals surface area contributed by atoms with E-state index in [9.17, 15) is 14.4 Å². The normalized spacial score (nSPS) is 17.2. The van der Waals surface area contributed by atoms with Crippen LogP contribution in [0, 0.1) is 11.8 Å². The van der Waals surface area contributed by atoms with Crippen molar-refractivity contribution < 1.29 is 23.9 Å². The summed E-state index contributed by atoms with van der Waals surface area (Å²) in [5.74, 6) is 0.225. The van der Waals surface area contributed by atoms with Crippen LogP contribution in [0.2, 0.25) is 0 Å². The quantitative estimate of drug-likeness (QED) is 0.679. The summed E-state index contributed by atoms with van der Waals surface area (Å²) in [6.07, 6.45) is 1.31. The molecule has 21 heavy (non-hydrogen) atoms. The molecule has 0 spiro atoms. The lowest BCUT2D eigenvalue weighted by Crippen LogP contribution is -2.41. The standard InChI is InChI=1S/C14H23NO5S/c1-10(13(17)19-2)8-21-9-12(16)15-6-4-11(5-7-15)14(18)20-3/h10-11H,4-9H2,1-3H3. The van der Waals surface area contributed by atoms with Gasteiger partial charge in [-0.2, -0.15) is 11.8 Å². The maximum Gasteiger partial charge on any atom is 0.309 e. The van der Waals surface area contributed by atoms with Gasteiger partial charge in [-0.05, 0) is 12.8 Å². The third kappa shape index (κ3) is 5.57. The SMILES string of the molecule is COC(=O)C(C)CSCC(=O)N1CCC(C(=O)OC)CC1. The molecule has 0 aromatic heterocycles. The second-order valence-electron chi connectivity index (χ2n) is 5.12. The van der Waals surface area contributed by atoms with Crippen LogP contribution >= 0.6 is 11.8 Å². The number of methoxy groups -OCH3 is 2. The van der Waals surface area contributed by atoms with E-state index >= 15 is 0 Å². The molecule has 0 bridgehead atoms. The summed E-state index contributed by atoms with van der Waals surface area (Å²) in [7, 11) is 2.75. The number of carbonyl (C=O) groups excluding carboxylic acids is 3. The molecule has 1 aliphatic heterocycles. The number of hydrogen-bond donors (Lipinski definition) is 0. The zero-order valence-corrected chi connectivity index (χ0v) is 13.6. The summed E-state index contributed by atoms with van der Waals surface area (Å²) in [6, 6.07) is 0. The van der Waals surface area contributed by atoms with Gasteiger partial charge in [-0.3, -0.25) is 14.4 Å². The molecular weight excluding hydrogens is 294 g/mol. The smallest absolute Gasteiger partial charge is 0.309 e. The molecule has 0 radical (unpaired) electrons. The molecule has 1 aliphatic rings. The third-order valence-corrected chi connectivity index (χ3v) is 4.77. The average molecular weight is 317 g/mol. The van der Waals surface area contributed by atoms with Crippen LogP contribution in [0.25, 0.3) is 0 Å². The summed E-state index contributed by atoms with van der Waals surface area (Å²) in [5.41, 5.74) is 0. The highest BCUT2D eigenvalue weighted by Gasteiger charge is 2.27. The first kappa shape index (κ1) is 17.8. The van der Waals surface area contributed by atoms with E-state index in [0.717, 1.165) is 0 Å². The van der Waals surface area contributed by atoms with Crippen molar-refractivity contribution in [2.45, 2.75) is 19.8 Å². The van der Waals surface area contributed by atoms with Gasteiger partial charge in [0, 0.05) is 18.8 Å². The minimum Gasteiger partial charge on any atom is -0.469 e. The van der Waals surface area contributed by atoms with E-state index in [4.69, 9.17) is 4.74 Å². The molecule has 1 fully saturated rings. The summed E-state index contributed by atoms with van der Waals surface area (Å²) < 4.78 is 9.36. The molecule has 120 valence electrons. The lowest BCUT2D eigenvalue weighted by atomic mass is 9.97. The van der Waals surface area contributed by atoms with Gasteiger partial charge in [0.05, 0.1) is 31.8 Å². The van der Waals surface area contributed by atoms with Crippen molar-refractivity contribution in [2.24, 2.45) is 11.8 Å². The number of hydrogen-bond acceptors (Lipinski definition) is 6. The maximum atomic E-state index is 12.0. The molecule has 0 saturated carbocycles. The number of ether oxygens (including phenoxy) is 2. The Kier molecular flexibility index (Phi) is 7.56. The molecule has 0 aromatic rings. The predicted octanol–water partition coefficient (Wildman–Crippen LogP) is 0.940. The fourth-order valence-electron chi connectivity index (χ4n) is 2.21. The monoisotopic (exact) mass is 317 g/mol. The molecule has 0 N–H and O–H groups in total. The Morgan fingerprint density at radius 2 is 1.81 bits per heavy atom. The molecule has 1 rings (SSSR count). The Labute approximate surface area is 129 Å². The van der Waals surface area contributed by atoms with Crippen molar-refractivity contribution in [2.75, 3.05) is 38.8 Å². The van der Waals surface area contributed by atoms with Crippen LogP contribution in [0.15, 0.2) is 0 Å². The van der Waals surface area contributed by atoms with Crippen LogP contribution in [0.4, 0.5) is 0 Å². The Hall–Kier alpha value is -1.24. The van der Waals surface area contributed by atoms with Gasteiger partial charge in [-0.15, -0.1) is 0 Å². The number of thioether (sulfide) groups is 1. The molecule has 0 aliphatic carbocycles. The van der Waals surface area contributed by atoms with Gasteiger partial charge in [-0.1, -0.05) is 6.92 Å². The lowest BCUT2D eigenvalue weighted by Gasteiger charge is -2.30. The Bertz CT molecular complexity index is 380. The fraction of sp³-hybridized carbons (Fsp3) is 0.786. The Morgan fingerprint density at radius 1 is 1.19 bits per heavy atom. The lowest BCUT2D eigenvalue weighted by molar-refractivity contribution is -0.148. The number of nitrogens with zero attached hydrogens (tertiary/aromatic N) is 1. The van der Waals surface area contributed by atoms with Crippen molar-refractivity contribution in [3.8, 4) is 0 Å². The van der Waals surface area contributed by atoms with E-state index in [0.29, 0.717) is 37.4 Å². The Morgan fingerprint density at radius 3 is 2.33 bits per heavy atom. The van der Waals surface area contributed by atoms with Crippen LogP contribution in [0.3, 0.4) is 0 Å². The van der Waals surface area contributed by atoms with Gasteiger partial charge in [0.25, 0.3) is 0 Å². The maximum absolute atomic E-state index is 12.0. The van der Waals surface area contributed by atoms with E-state index < -0.39 is 0 Å². The number of likely N-dealkylation sites (tertiary alicyclic amines) is 1. The van der Waals surface area contributed by atoms with Crippen molar-refractivity contribution in [1.82, 2.24) is 4.90 Å². The Balaban J connectivity index is 2.25. The molecule has 1 unspecified atom stereocenters. The van der Waals surface area contributed by atoms with Gasteiger partial charge < -0.3 is 14.4 Å². The number of piperidine rings is 1. The first-order valence-electron chi connectivity index (χ1n) is 7.00. The molecule has 7 heteroatoms. The molecular formula is C14H23NO5S. The zero-order valence-electron chi connectivity index (χ0n) is 12.8. The summed E-state index contributed by atoms with van der Waals surface area (Å²) in [6.45, 7) is 2.96. The zero-order chi connectivity index (χ0) is 15.8. The molecule has 6 nitrogen and oxygen atoms in total. The molecule has 1 heterocycles. The highest BCUT2D eigenvalue weighted by Crippen LogP contribution is 2.19. The third-order valence-electron chi connectivity index (χ3n) is 3.58. The molecule has 1 amide bonds. The van der Waals surface area contributed by atoms with Crippen LogP contribution in [-0.4, -0.2) is 61.6 Å². The average Bonchev–Trinajstić information content (AvgIpc) is 2.53. The fourth-order valence-corrected chi connectivity index (χ4v) is 3.18. The first-order valence-corrected chi connectivity index (χ1v) is 8.16. The van der Waals surface area contributed by atoms with Crippen molar-refractivity contribution >= 4 is 29.6 Å². The second kappa shape index (κ2) is 8.92. The summed E-state index contributed by atoms with van der Waals surface area (Å²) >= 11 is 1.43. The highest BCUT2D eigenvalue weighted by atomic mass is 32.2. The van der Waals surface area contributed by atoms with Gasteiger partial charge in [0.2, 0.25) is 5.91 Å². The summed E-state index contributed by atoms with van der Waals surface area (Å²) in [5, 5.41) is 0. The first-order chi connectivity index (χ1) is 9.99. The molecule has 1 atom stereocenters. The molecule has 0 aromatic carbocycles. The van der Waals surface area contributed by atoms with Gasteiger partial charge in [0.1, 0.15) is 0 Å². The number of rotatable bonds is 6. The minimum absolute atomic E-state index is 0.0559. The van der Waals surface area contributed by atoms with E-state index in [1.807, 2.05) is 0 Å². The van der Waals surface area contributed by atoms with Crippen molar-refractivity contribution in [1.29, 1.82) is 0 Å². The highest BCUT2D eigenvalue weighted by molar-refractivity contribution is 7.99. The van der Waals surface area contributed by atoms with Gasteiger partial charge in [-0.25, -0.2) is 0 Å². The van der Waals surface area contributed by atoms with E-state index in [1.54, 1.807) is 11.8 Å². The predicted molar refractivity (Wildman–Crippen MR) is 79.8 cm³/mol.